The predicted molar refractivity (Wildman–Crippen MR) is 89.2 cm³/mol. The molecule has 0 aliphatic carbocycles. The van der Waals surface area contributed by atoms with Gasteiger partial charge in [0, 0.05) is 19.7 Å². The highest BCUT2D eigenvalue weighted by Gasteiger charge is 2.15. The van der Waals surface area contributed by atoms with Gasteiger partial charge < -0.3 is 14.6 Å². The molecule has 0 aliphatic heterocycles. The van der Waals surface area contributed by atoms with Crippen LogP contribution in [0.15, 0.2) is 22.7 Å². The van der Waals surface area contributed by atoms with E-state index in [-0.39, 0.29) is 11.9 Å². The quantitative estimate of drug-likeness (QED) is 0.747. The Hall–Kier alpha value is -1.38. The Morgan fingerprint density at radius 1 is 1.55 bits per heavy atom. The number of nitrogens with zero attached hydrogens (tertiary/aromatic N) is 3. The van der Waals surface area contributed by atoms with Gasteiger partial charge in [-0.1, -0.05) is 17.8 Å². The van der Waals surface area contributed by atoms with E-state index in [4.69, 9.17) is 4.74 Å². The highest BCUT2D eigenvalue weighted by atomic mass is 32.2. The van der Waals surface area contributed by atoms with Crippen LogP contribution < -0.4 is 5.32 Å². The third-order valence-electron chi connectivity index (χ3n) is 2.93. The molecule has 2 heterocycles. The van der Waals surface area contributed by atoms with Crippen LogP contribution in [-0.2, 0) is 16.1 Å². The van der Waals surface area contributed by atoms with Crippen molar-refractivity contribution in [2.75, 3.05) is 19.5 Å². The summed E-state index contributed by atoms with van der Waals surface area (Å²) in [5, 5.41) is 14.1. The molecule has 0 unspecified atom stereocenters. The Bertz CT molecular complexity index is 598. The Labute approximate surface area is 138 Å². The fraction of sp³-hybridized carbons (Fsp3) is 0.500. The minimum atomic E-state index is -0.0297. The van der Waals surface area contributed by atoms with Gasteiger partial charge in [-0.2, -0.15) is 0 Å². The van der Waals surface area contributed by atoms with Crippen molar-refractivity contribution in [3.05, 3.63) is 17.5 Å². The van der Waals surface area contributed by atoms with Gasteiger partial charge in [0.15, 0.2) is 11.0 Å². The van der Waals surface area contributed by atoms with Crippen LogP contribution >= 0.6 is 23.1 Å². The first-order valence-corrected chi connectivity index (χ1v) is 8.90. The number of carbonyl (C=O) groups excluding carboxylic acids is 1. The molecule has 22 heavy (non-hydrogen) atoms. The average molecular weight is 340 g/mol. The lowest BCUT2D eigenvalue weighted by Gasteiger charge is -2.12. The molecule has 120 valence electrons. The van der Waals surface area contributed by atoms with Crippen LogP contribution in [0.4, 0.5) is 0 Å². The smallest absolute Gasteiger partial charge is 0.230 e. The minimum absolute atomic E-state index is 0.00354. The zero-order chi connectivity index (χ0) is 15.9. The number of ether oxygens (including phenoxy) is 1. The van der Waals surface area contributed by atoms with E-state index >= 15 is 0 Å². The molecule has 0 fully saturated rings. The fourth-order valence-electron chi connectivity index (χ4n) is 2.01. The normalized spacial score (nSPS) is 12.3. The van der Waals surface area contributed by atoms with Crippen LogP contribution in [-0.4, -0.2) is 46.2 Å². The van der Waals surface area contributed by atoms with E-state index in [0.717, 1.165) is 22.4 Å². The van der Waals surface area contributed by atoms with Gasteiger partial charge in [-0.3, -0.25) is 4.79 Å². The monoisotopic (exact) mass is 340 g/mol. The summed E-state index contributed by atoms with van der Waals surface area (Å²) in [4.78, 5) is 13.0. The van der Waals surface area contributed by atoms with Crippen molar-refractivity contribution in [3.8, 4) is 10.7 Å². The second-order valence-corrected chi connectivity index (χ2v) is 6.63. The van der Waals surface area contributed by atoms with Crippen LogP contribution in [0.25, 0.3) is 10.7 Å². The second kappa shape index (κ2) is 8.30. The zero-order valence-corrected chi connectivity index (χ0v) is 14.5. The fourth-order valence-corrected chi connectivity index (χ4v) is 3.54. The summed E-state index contributed by atoms with van der Waals surface area (Å²) in [5.41, 5.74) is 0. The number of carbonyl (C=O) groups is 1. The molecule has 1 N–H and O–H groups in total. The molecular formula is C14H20N4O2S2. The number of hydrogen-bond acceptors (Lipinski definition) is 6. The topological polar surface area (TPSA) is 69.0 Å². The molecule has 0 radical (unpaired) electrons. The number of rotatable bonds is 8. The average Bonchev–Trinajstić information content (AvgIpc) is 3.13. The first-order valence-electron chi connectivity index (χ1n) is 7.03. The van der Waals surface area contributed by atoms with Crippen molar-refractivity contribution < 1.29 is 9.53 Å². The molecule has 0 aliphatic rings. The third-order valence-corrected chi connectivity index (χ3v) is 4.76. The highest BCUT2D eigenvalue weighted by molar-refractivity contribution is 7.99. The molecule has 0 bridgehead atoms. The lowest BCUT2D eigenvalue weighted by molar-refractivity contribution is -0.119. The number of amides is 1. The summed E-state index contributed by atoms with van der Waals surface area (Å²) in [6.45, 7) is 5.23. The summed E-state index contributed by atoms with van der Waals surface area (Å²) >= 11 is 3.03. The molecule has 0 saturated carbocycles. The van der Waals surface area contributed by atoms with Gasteiger partial charge in [-0.25, -0.2) is 0 Å². The number of aromatic nitrogens is 3. The van der Waals surface area contributed by atoms with Crippen molar-refractivity contribution in [1.82, 2.24) is 20.1 Å². The molecule has 2 aromatic rings. The lowest BCUT2D eigenvalue weighted by atomic mass is 10.3. The van der Waals surface area contributed by atoms with Gasteiger partial charge in [0.25, 0.3) is 0 Å². The van der Waals surface area contributed by atoms with Crippen molar-refractivity contribution >= 4 is 29.0 Å². The summed E-state index contributed by atoms with van der Waals surface area (Å²) in [6.07, 6.45) is 0. The molecule has 1 atom stereocenters. The number of methoxy groups -OCH3 is 1. The molecule has 0 spiro atoms. The zero-order valence-electron chi connectivity index (χ0n) is 12.9. The third kappa shape index (κ3) is 4.31. The number of nitrogens with one attached hydrogen (secondary N) is 1. The molecule has 0 saturated heterocycles. The molecule has 2 aromatic heterocycles. The van der Waals surface area contributed by atoms with Crippen LogP contribution in [0.1, 0.15) is 13.8 Å². The van der Waals surface area contributed by atoms with E-state index in [2.05, 4.69) is 15.5 Å². The van der Waals surface area contributed by atoms with Gasteiger partial charge in [0.05, 0.1) is 17.2 Å². The van der Waals surface area contributed by atoms with E-state index in [0.29, 0.717) is 12.4 Å². The molecule has 6 nitrogen and oxygen atoms in total. The largest absolute Gasteiger partial charge is 0.383 e. The highest BCUT2D eigenvalue weighted by Crippen LogP contribution is 2.26. The van der Waals surface area contributed by atoms with Crippen molar-refractivity contribution in [2.24, 2.45) is 0 Å². The Morgan fingerprint density at radius 2 is 2.36 bits per heavy atom. The van der Waals surface area contributed by atoms with Gasteiger partial charge in [0.1, 0.15) is 0 Å². The first kappa shape index (κ1) is 17.0. The molecule has 0 aromatic carbocycles. The van der Waals surface area contributed by atoms with E-state index in [1.54, 1.807) is 18.4 Å². The van der Waals surface area contributed by atoms with E-state index < -0.39 is 0 Å². The van der Waals surface area contributed by atoms with Crippen molar-refractivity contribution in [2.45, 2.75) is 31.6 Å². The van der Waals surface area contributed by atoms with E-state index in [1.807, 2.05) is 35.9 Å². The van der Waals surface area contributed by atoms with Crippen molar-refractivity contribution in [1.29, 1.82) is 0 Å². The maximum atomic E-state index is 11.9. The van der Waals surface area contributed by atoms with Gasteiger partial charge in [-0.05, 0) is 25.3 Å². The standard InChI is InChI=1S/C14H20N4O2S2/c1-4-18-13(11-6-5-7-21-11)16-17-14(18)22-9-12(19)15-10(2)8-20-3/h5-7,10H,4,8-9H2,1-3H3,(H,15,19)/t10-/m1/s1. The summed E-state index contributed by atoms with van der Waals surface area (Å²) in [5.74, 6) is 1.14. The summed E-state index contributed by atoms with van der Waals surface area (Å²) in [6, 6.07) is 4.02. The predicted octanol–water partition coefficient (Wildman–Crippen LogP) is 2.27. The Morgan fingerprint density at radius 3 is 3.00 bits per heavy atom. The lowest BCUT2D eigenvalue weighted by Crippen LogP contribution is -2.36. The van der Waals surface area contributed by atoms with Crippen LogP contribution in [0.3, 0.4) is 0 Å². The number of thiophene rings is 1. The van der Waals surface area contributed by atoms with Gasteiger partial charge in [-0.15, -0.1) is 21.5 Å². The molecule has 8 heteroatoms. The van der Waals surface area contributed by atoms with Gasteiger partial charge >= 0.3 is 0 Å². The summed E-state index contributed by atoms with van der Waals surface area (Å²) < 4.78 is 7.03. The number of hydrogen-bond donors (Lipinski definition) is 1. The molecule has 1 amide bonds. The van der Waals surface area contributed by atoms with Crippen molar-refractivity contribution in [3.63, 3.8) is 0 Å². The number of thioether (sulfide) groups is 1. The Kier molecular flexibility index (Phi) is 6.41. The Balaban J connectivity index is 1.97. The van der Waals surface area contributed by atoms with Crippen LogP contribution in [0.2, 0.25) is 0 Å². The molecule has 2 rings (SSSR count). The SMILES string of the molecule is CCn1c(SCC(=O)N[C@H](C)COC)nnc1-c1cccs1. The first-order chi connectivity index (χ1) is 10.7. The maximum Gasteiger partial charge on any atom is 0.230 e. The second-order valence-electron chi connectivity index (χ2n) is 4.74. The minimum Gasteiger partial charge on any atom is -0.383 e. The van der Waals surface area contributed by atoms with E-state index in [1.165, 1.54) is 11.8 Å². The molecular weight excluding hydrogens is 320 g/mol. The summed E-state index contributed by atoms with van der Waals surface area (Å²) in [7, 11) is 1.62. The van der Waals surface area contributed by atoms with Crippen LogP contribution in [0, 0.1) is 0 Å². The maximum absolute atomic E-state index is 11.9. The van der Waals surface area contributed by atoms with Gasteiger partial charge in [0.2, 0.25) is 5.91 Å². The van der Waals surface area contributed by atoms with Crippen LogP contribution in [0.5, 0.6) is 0 Å². The van der Waals surface area contributed by atoms with E-state index in [9.17, 15) is 4.79 Å².